The minimum atomic E-state index is 0.423. The highest BCUT2D eigenvalue weighted by Gasteiger charge is 2.14. The first-order valence-electron chi connectivity index (χ1n) is 6.01. The van der Waals surface area contributed by atoms with Crippen LogP contribution in [-0.4, -0.2) is 4.98 Å². The monoisotopic (exact) mass is 313 g/mol. The van der Waals surface area contributed by atoms with Crippen molar-refractivity contribution in [3.05, 3.63) is 45.7 Å². The topological polar surface area (TPSA) is 63.4 Å². The lowest BCUT2D eigenvalue weighted by Gasteiger charge is -2.06. The molecule has 1 N–H and O–H groups in total. The lowest BCUT2D eigenvalue weighted by Crippen LogP contribution is -1.88. The second-order valence-electron chi connectivity index (χ2n) is 4.23. The van der Waals surface area contributed by atoms with Crippen LogP contribution < -0.4 is 0 Å². The van der Waals surface area contributed by atoms with E-state index in [1.54, 1.807) is 6.20 Å². The second kappa shape index (κ2) is 5.73. The van der Waals surface area contributed by atoms with Gasteiger partial charge in [-0.2, -0.15) is 10.5 Å². The lowest BCUT2D eigenvalue weighted by molar-refractivity contribution is 0.917. The van der Waals surface area contributed by atoms with Gasteiger partial charge in [-0.3, -0.25) is 0 Å². The van der Waals surface area contributed by atoms with Crippen LogP contribution in [0.15, 0.2) is 28.9 Å². The molecule has 2 rings (SSSR count). The van der Waals surface area contributed by atoms with Gasteiger partial charge in [-0.05, 0) is 23.6 Å². The molecule has 0 unspecified atom stereocenters. The van der Waals surface area contributed by atoms with Crippen molar-refractivity contribution in [2.75, 3.05) is 0 Å². The normalized spacial score (nSPS) is 9.89. The van der Waals surface area contributed by atoms with Gasteiger partial charge < -0.3 is 4.98 Å². The number of H-pyrrole nitrogens is 1. The summed E-state index contributed by atoms with van der Waals surface area (Å²) >= 11 is 3.55. The van der Waals surface area contributed by atoms with Crippen LogP contribution in [0.3, 0.4) is 0 Å². The Morgan fingerprint density at radius 3 is 2.63 bits per heavy atom. The molecule has 0 spiro atoms. The van der Waals surface area contributed by atoms with Gasteiger partial charge in [0, 0.05) is 16.2 Å². The first-order valence-corrected chi connectivity index (χ1v) is 6.81. The summed E-state index contributed by atoms with van der Waals surface area (Å²) in [4.78, 5) is 2.83. The van der Waals surface area contributed by atoms with E-state index in [0.717, 1.165) is 22.9 Å². The van der Waals surface area contributed by atoms with E-state index in [0.29, 0.717) is 16.8 Å². The van der Waals surface area contributed by atoms with Crippen LogP contribution in [0.1, 0.15) is 30.2 Å². The van der Waals surface area contributed by atoms with Gasteiger partial charge >= 0.3 is 0 Å². The third kappa shape index (κ3) is 2.54. The lowest BCUT2D eigenvalue weighted by atomic mass is 10.00. The van der Waals surface area contributed by atoms with Crippen LogP contribution in [0.5, 0.6) is 0 Å². The van der Waals surface area contributed by atoms with Crippen molar-refractivity contribution in [2.24, 2.45) is 0 Å². The number of nitrogens with zero attached hydrogens (tertiary/aromatic N) is 2. The first-order chi connectivity index (χ1) is 9.21. The largest absolute Gasteiger partial charge is 0.351 e. The molecule has 0 aliphatic rings. The van der Waals surface area contributed by atoms with Gasteiger partial charge in [-0.25, -0.2) is 0 Å². The van der Waals surface area contributed by atoms with Crippen LogP contribution in [0.2, 0.25) is 0 Å². The fraction of sp³-hybridized carbons (Fsp3) is 0.200. The Balaban J connectivity index is 2.55. The van der Waals surface area contributed by atoms with Gasteiger partial charge in [-0.1, -0.05) is 41.4 Å². The minimum Gasteiger partial charge on any atom is -0.351 e. The highest BCUT2D eigenvalue weighted by atomic mass is 79.9. The molecule has 2 aromatic rings. The van der Waals surface area contributed by atoms with E-state index in [1.165, 1.54) is 5.56 Å². The maximum absolute atomic E-state index is 9.11. The van der Waals surface area contributed by atoms with Crippen LogP contribution in [0.4, 0.5) is 0 Å². The highest BCUT2D eigenvalue weighted by molar-refractivity contribution is 9.10. The van der Waals surface area contributed by atoms with Gasteiger partial charge in [0.25, 0.3) is 0 Å². The zero-order chi connectivity index (χ0) is 13.8. The van der Waals surface area contributed by atoms with Crippen LogP contribution in [0.25, 0.3) is 11.1 Å². The molecule has 4 heteroatoms. The number of halogens is 1. The van der Waals surface area contributed by atoms with Crippen LogP contribution >= 0.6 is 15.9 Å². The van der Waals surface area contributed by atoms with Gasteiger partial charge in [0.1, 0.15) is 17.8 Å². The number of hydrogen-bond donors (Lipinski definition) is 1. The molecule has 0 aliphatic heterocycles. The highest BCUT2D eigenvalue weighted by Crippen LogP contribution is 2.31. The smallest absolute Gasteiger partial charge is 0.126 e. The number of nitrogens with one attached hydrogen (secondary N) is 1. The van der Waals surface area contributed by atoms with E-state index in [2.05, 4.69) is 40.0 Å². The zero-order valence-electron chi connectivity index (χ0n) is 10.5. The average Bonchev–Trinajstić information content (AvgIpc) is 2.84. The van der Waals surface area contributed by atoms with E-state index in [-0.39, 0.29) is 0 Å². The van der Waals surface area contributed by atoms with Gasteiger partial charge in [0.15, 0.2) is 0 Å². The predicted octanol–water partition coefficient (Wildman–Crippen LogP) is 4.14. The maximum Gasteiger partial charge on any atom is 0.126 e. The van der Waals surface area contributed by atoms with Crippen molar-refractivity contribution < 1.29 is 0 Å². The summed E-state index contributed by atoms with van der Waals surface area (Å²) in [7, 11) is 0. The number of nitriles is 2. The Morgan fingerprint density at radius 2 is 2.05 bits per heavy atom. The van der Waals surface area contributed by atoms with E-state index in [4.69, 9.17) is 10.5 Å². The zero-order valence-corrected chi connectivity index (χ0v) is 12.1. The number of rotatable bonds is 3. The summed E-state index contributed by atoms with van der Waals surface area (Å²) in [6, 6.07) is 10.2. The Labute approximate surface area is 120 Å². The van der Waals surface area contributed by atoms with E-state index in [1.807, 2.05) is 18.2 Å². The SMILES string of the molecule is CCCc1ccc(-c2c(C#N)c[nH]c2C#N)cc1Br. The van der Waals surface area contributed by atoms with Gasteiger partial charge in [-0.15, -0.1) is 0 Å². The third-order valence-electron chi connectivity index (χ3n) is 2.97. The fourth-order valence-corrected chi connectivity index (χ4v) is 2.65. The fourth-order valence-electron chi connectivity index (χ4n) is 2.07. The molecule has 3 nitrogen and oxygen atoms in total. The van der Waals surface area contributed by atoms with Crippen molar-refractivity contribution in [3.8, 4) is 23.3 Å². The summed E-state index contributed by atoms with van der Waals surface area (Å²) in [6.45, 7) is 2.13. The van der Waals surface area contributed by atoms with E-state index >= 15 is 0 Å². The number of aromatic nitrogens is 1. The van der Waals surface area contributed by atoms with Crippen LogP contribution in [-0.2, 0) is 6.42 Å². The molecule has 0 radical (unpaired) electrons. The molecule has 94 valence electrons. The molecular weight excluding hydrogens is 302 g/mol. The minimum absolute atomic E-state index is 0.423. The van der Waals surface area contributed by atoms with Crippen molar-refractivity contribution in [3.63, 3.8) is 0 Å². The molecule has 1 heterocycles. The van der Waals surface area contributed by atoms with Crippen molar-refractivity contribution in [1.82, 2.24) is 4.98 Å². The van der Waals surface area contributed by atoms with Crippen LogP contribution in [0, 0.1) is 22.7 Å². The maximum atomic E-state index is 9.11. The van der Waals surface area contributed by atoms with Gasteiger partial charge in [0.2, 0.25) is 0 Å². The Bertz CT molecular complexity index is 655. The van der Waals surface area contributed by atoms with E-state index in [9.17, 15) is 0 Å². The first kappa shape index (κ1) is 13.4. The summed E-state index contributed by atoms with van der Waals surface area (Å²) in [5.41, 5.74) is 3.70. The molecular formula is C15H12BrN3. The molecule has 0 saturated carbocycles. The summed E-state index contributed by atoms with van der Waals surface area (Å²) in [5, 5.41) is 18.2. The summed E-state index contributed by atoms with van der Waals surface area (Å²) in [5.74, 6) is 0. The molecule has 0 amide bonds. The molecule has 0 aliphatic carbocycles. The molecule has 0 bridgehead atoms. The summed E-state index contributed by atoms with van der Waals surface area (Å²) < 4.78 is 1.01. The molecule has 0 fully saturated rings. The Kier molecular flexibility index (Phi) is 4.04. The van der Waals surface area contributed by atoms with Crippen molar-refractivity contribution >= 4 is 15.9 Å². The molecule has 0 saturated heterocycles. The molecule has 19 heavy (non-hydrogen) atoms. The Hall–Kier alpha value is -2.04. The third-order valence-corrected chi connectivity index (χ3v) is 3.71. The molecule has 1 aromatic heterocycles. The standard InChI is InChI=1S/C15H12BrN3/c1-2-3-10-4-5-11(6-13(10)16)15-12(7-17)9-19-14(15)8-18/h4-6,9,19H,2-3H2,1H3. The van der Waals surface area contributed by atoms with E-state index < -0.39 is 0 Å². The molecule has 0 atom stereocenters. The predicted molar refractivity (Wildman–Crippen MR) is 77.4 cm³/mol. The van der Waals surface area contributed by atoms with Crippen molar-refractivity contribution in [1.29, 1.82) is 10.5 Å². The summed E-state index contributed by atoms with van der Waals surface area (Å²) in [6.07, 6.45) is 3.65. The number of aromatic amines is 1. The number of aryl methyl sites for hydroxylation is 1. The number of hydrogen-bond acceptors (Lipinski definition) is 2. The van der Waals surface area contributed by atoms with Crippen molar-refractivity contribution in [2.45, 2.75) is 19.8 Å². The van der Waals surface area contributed by atoms with Gasteiger partial charge in [0.05, 0.1) is 5.56 Å². The second-order valence-corrected chi connectivity index (χ2v) is 5.09. The molecule has 1 aromatic carbocycles. The Morgan fingerprint density at radius 1 is 1.26 bits per heavy atom. The quantitative estimate of drug-likeness (QED) is 0.925. The average molecular weight is 314 g/mol. The number of benzene rings is 1.